The quantitative estimate of drug-likeness (QED) is 0.739. The van der Waals surface area contributed by atoms with E-state index in [9.17, 15) is 9.59 Å². The van der Waals surface area contributed by atoms with Crippen molar-refractivity contribution >= 4 is 11.7 Å². The Kier molecular flexibility index (Phi) is 2.50. The predicted molar refractivity (Wildman–Crippen MR) is 81.4 cm³/mol. The van der Waals surface area contributed by atoms with Crippen molar-refractivity contribution in [2.24, 2.45) is 22.7 Å². The third-order valence-electron chi connectivity index (χ3n) is 7.56. The Hall–Kier alpha value is -0.940. The van der Waals surface area contributed by atoms with Crippen LogP contribution in [0.15, 0.2) is 0 Å². The molecule has 5 heteroatoms. The number of carbonyl (C=O) groups excluding carboxylic acids is 2. The first-order valence-electron chi connectivity index (χ1n) is 9.01. The number of carbonyl (C=O) groups is 2. The molecule has 126 valence electrons. The van der Waals surface area contributed by atoms with E-state index in [1.165, 1.54) is 0 Å². The van der Waals surface area contributed by atoms with Crippen molar-refractivity contribution in [3.8, 4) is 0 Å². The number of piperidine rings is 1. The summed E-state index contributed by atoms with van der Waals surface area (Å²) in [7, 11) is 0. The van der Waals surface area contributed by atoms with E-state index in [0.717, 1.165) is 19.3 Å². The molecular formula is C18H25NO4. The molecule has 23 heavy (non-hydrogen) atoms. The fourth-order valence-electron chi connectivity index (χ4n) is 6.87. The summed E-state index contributed by atoms with van der Waals surface area (Å²) in [6, 6.07) is 0.138. The topological polar surface area (TPSA) is 55.8 Å². The van der Waals surface area contributed by atoms with Crippen LogP contribution in [0.3, 0.4) is 0 Å². The van der Waals surface area contributed by atoms with Crippen LogP contribution in [0.4, 0.5) is 0 Å². The van der Waals surface area contributed by atoms with Crippen LogP contribution in [0.25, 0.3) is 0 Å². The van der Waals surface area contributed by atoms with Crippen LogP contribution in [0.5, 0.6) is 0 Å². The van der Waals surface area contributed by atoms with Gasteiger partial charge in [-0.15, -0.1) is 0 Å². The molecule has 0 aromatic heterocycles. The van der Waals surface area contributed by atoms with Crippen molar-refractivity contribution in [2.45, 2.75) is 64.4 Å². The lowest BCUT2D eigenvalue weighted by Gasteiger charge is -2.63. The maximum Gasteiger partial charge on any atom is 0.234 e. The van der Waals surface area contributed by atoms with Crippen LogP contribution in [0.1, 0.15) is 46.5 Å². The summed E-state index contributed by atoms with van der Waals surface area (Å²) in [5.41, 5.74) is -0.563. The number of likely N-dealkylation sites (tertiary alicyclic amines) is 1. The maximum absolute atomic E-state index is 13.5. The van der Waals surface area contributed by atoms with Crippen LogP contribution in [0.2, 0.25) is 0 Å². The van der Waals surface area contributed by atoms with Gasteiger partial charge >= 0.3 is 0 Å². The number of ketones is 1. The van der Waals surface area contributed by atoms with E-state index in [1.807, 2.05) is 25.7 Å². The number of hydrogen-bond acceptors (Lipinski definition) is 4. The highest BCUT2D eigenvalue weighted by atomic mass is 16.7. The van der Waals surface area contributed by atoms with E-state index < -0.39 is 11.2 Å². The number of nitrogens with zero attached hydrogens (tertiary/aromatic N) is 1. The lowest BCUT2D eigenvalue weighted by atomic mass is 9.50. The van der Waals surface area contributed by atoms with Gasteiger partial charge in [-0.1, -0.05) is 0 Å². The highest BCUT2D eigenvalue weighted by molar-refractivity contribution is 5.94. The van der Waals surface area contributed by atoms with Crippen LogP contribution in [0, 0.1) is 22.7 Å². The van der Waals surface area contributed by atoms with Gasteiger partial charge in [0.25, 0.3) is 0 Å². The van der Waals surface area contributed by atoms with Gasteiger partial charge in [-0.25, -0.2) is 0 Å². The van der Waals surface area contributed by atoms with Crippen molar-refractivity contribution in [3.05, 3.63) is 0 Å². The lowest BCUT2D eigenvalue weighted by molar-refractivity contribution is -0.342. The predicted octanol–water partition coefficient (Wildman–Crippen LogP) is 1.74. The lowest BCUT2D eigenvalue weighted by Crippen LogP contribution is -2.73. The molecule has 1 amide bonds. The van der Waals surface area contributed by atoms with Gasteiger partial charge < -0.3 is 14.4 Å². The average Bonchev–Trinajstić information content (AvgIpc) is 2.91. The van der Waals surface area contributed by atoms with E-state index >= 15 is 0 Å². The summed E-state index contributed by atoms with van der Waals surface area (Å²) < 4.78 is 12.2. The summed E-state index contributed by atoms with van der Waals surface area (Å²) in [6.07, 6.45) is 3.34. The summed E-state index contributed by atoms with van der Waals surface area (Å²) in [4.78, 5) is 28.0. The van der Waals surface area contributed by atoms with Crippen LogP contribution < -0.4 is 0 Å². The van der Waals surface area contributed by atoms with E-state index in [1.54, 1.807) is 0 Å². The fourth-order valence-corrected chi connectivity index (χ4v) is 6.87. The summed E-state index contributed by atoms with van der Waals surface area (Å²) in [6.45, 7) is 7.02. The van der Waals surface area contributed by atoms with Crippen molar-refractivity contribution in [3.63, 3.8) is 0 Å². The normalized spacial score (nSPS) is 52.7. The number of Topliss-reactive ketones (excluding diaryl/α,β-unsaturated/α-hetero) is 1. The monoisotopic (exact) mass is 319 g/mol. The Balaban J connectivity index is 1.67. The summed E-state index contributed by atoms with van der Waals surface area (Å²) in [5.74, 6) is 0.251. The smallest absolute Gasteiger partial charge is 0.234 e. The van der Waals surface area contributed by atoms with Gasteiger partial charge in [0, 0.05) is 30.3 Å². The Bertz CT molecular complexity index is 616. The Labute approximate surface area is 136 Å². The molecule has 5 aliphatic rings. The molecule has 2 heterocycles. The average molecular weight is 319 g/mol. The molecule has 3 saturated carbocycles. The largest absolute Gasteiger partial charge is 0.349 e. The van der Waals surface area contributed by atoms with E-state index in [0.29, 0.717) is 25.4 Å². The molecule has 6 atom stereocenters. The van der Waals surface area contributed by atoms with Crippen molar-refractivity contribution in [1.82, 2.24) is 4.90 Å². The molecule has 3 unspecified atom stereocenters. The molecule has 0 N–H and O–H groups in total. The maximum atomic E-state index is 13.5. The molecule has 2 aliphatic heterocycles. The Morgan fingerprint density at radius 3 is 2.83 bits per heavy atom. The summed E-state index contributed by atoms with van der Waals surface area (Å²) >= 11 is 0. The van der Waals surface area contributed by atoms with Gasteiger partial charge in [-0.2, -0.15) is 0 Å². The molecule has 3 aliphatic carbocycles. The second-order valence-electron chi connectivity index (χ2n) is 8.68. The van der Waals surface area contributed by atoms with Gasteiger partial charge in [0.2, 0.25) is 5.91 Å². The van der Waals surface area contributed by atoms with Crippen molar-refractivity contribution < 1.29 is 19.1 Å². The first kappa shape index (κ1) is 14.4. The van der Waals surface area contributed by atoms with Gasteiger partial charge in [0.15, 0.2) is 5.79 Å². The minimum Gasteiger partial charge on any atom is -0.349 e. The molecular weight excluding hydrogens is 294 g/mol. The van der Waals surface area contributed by atoms with E-state index in [4.69, 9.17) is 9.47 Å². The Morgan fingerprint density at radius 2 is 2.09 bits per heavy atom. The van der Waals surface area contributed by atoms with Gasteiger partial charge in [0.1, 0.15) is 11.2 Å². The Morgan fingerprint density at radius 1 is 1.30 bits per heavy atom. The molecule has 5 rings (SSSR count). The molecule has 0 aromatic rings. The first-order valence-corrected chi connectivity index (χ1v) is 9.01. The molecule has 5 fully saturated rings. The zero-order valence-corrected chi connectivity index (χ0v) is 14.1. The van der Waals surface area contributed by atoms with E-state index in [-0.39, 0.29) is 35.3 Å². The number of hydrogen-bond donors (Lipinski definition) is 0. The second kappa shape index (κ2) is 3.99. The molecule has 0 radical (unpaired) electrons. The summed E-state index contributed by atoms with van der Waals surface area (Å²) in [5, 5.41) is 0. The SMILES string of the molecule is CCN1C(=O)[C@]23COC(C)(C)O[C@@H]2CCC24CC(=O)C(CC23)[C@@H]14. The van der Waals surface area contributed by atoms with Gasteiger partial charge in [0.05, 0.1) is 12.7 Å². The number of rotatable bonds is 1. The van der Waals surface area contributed by atoms with Gasteiger partial charge in [-0.05, 0) is 46.0 Å². The fraction of sp³-hybridized carbons (Fsp3) is 0.889. The number of amides is 1. The molecule has 5 bridgehead atoms. The second-order valence-corrected chi connectivity index (χ2v) is 8.68. The van der Waals surface area contributed by atoms with Crippen molar-refractivity contribution in [1.29, 1.82) is 0 Å². The van der Waals surface area contributed by atoms with Crippen LogP contribution in [-0.4, -0.2) is 47.7 Å². The zero-order chi connectivity index (χ0) is 16.2. The highest BCUT2D eigenvalue weighted by Gasteiger charge is 2.79. The molecule has 2 saturated heterocycles. The standard InChI is InChI=1S/C18H25NO4/c1-4-19-14-10-7-12-17(14,8-11(10)20)6-5-13-18(12,15(19)21)9-22-16(2,3)23-13/h10,12-14H,4-9H2,1-3H3/t10?,12?,13-,14-,17?,18+/m1/s1. The van der Waals surface area contributed by atoms with Gasteiger partial charge in [-0.3, -0.25) is 9.59 Å². The minimum absolute atomic E-state index is 0.00360. The third-order valence-corrected chi connectivity index (χ3v) is 7.56. The van der Waals surface area contributed by atoms with E-state index in [2.05, 4.69) is 0 Å². The number of ether oxygens (including phenoxy) is 2. The highest BCUT2D eigenvalue weighted by Crippen LogP contribution is 2.72. The molecule has 2 spiro atoms. The third kappa shape index (κ3) is 1.39. The molecule has 5 nitrogen and oxygen atoms in total. The minimum atomic E-state index is -0.623. The van der Waals surface area contributed by atoms with Crippen molar-refractivity contribution in [2.75, 3.05) is 13.2 Å². The van der Waals surface area contributed by atoms with Crippen LogP contribution in [-0.2, 0) is 19.1 Å². The van der Waals surface area contributed by atoms with Crippen LogP contribution >= 0.6 is 0 Å². The first-order chi connectivity index (χ1) is 10.9. The molecule has 0 aromatic carbocycles. The zero-order valence-electron chi connectivity index (χ0n) is 14.1.